The van der Waals surface area contributed by atoms with Gasteiger partial charge >= 0.3 is 16.9 Å². The van der Waals surface area contributed by atoms with E-state index in [4.69, 9.17) is 0 Å². The van der Waals surface area contributed by atoms with Crippen molar-refractivity contribution in [2.75, 3.05) is 5.33 Å². The standard InChI is InChI=1S/C12H16BrN3O4/c13-7-12(4-2-1-3-5-12)8-15-6-9(16(19)20)10(17)14-11(15)18/h6H,1-5,7-8H2,(H,14,17,18). The molecule has 0 bridgehead atoms. The van der Waals surface area contributed by atoms with Gasteiger partial charge in [-0.3, -0.25) is 24.5 Å². The molecule has 1 heterocycles. The van der Waals surface area contributed by atoms with Gasteiger partial charge in [-0.2, -0.15) is 0 Å². The third-order valence-electron chi connectivity index (χ3n) is 3.89. The lowest BCUT2D eigenvalue weighted by atomic mass is 9.75. The van der Waals surface area contributed by atoms with E-state index in [9.17, 15) is 19.7 Å². The molecule has 0 aliphatic heterocycles. The summed E-state index contributed by atoms with van der Waals surface area (Å²) < 4.78 is 1.26. The summed E-state index contributed by atoms with van der Waals surface area (Å²) in [5.41, 5.74) is -2.21. The average molecular weight is 346 g/mol. The van der Waals surface area contributed by atoms with Crippen LogP contribution in [0.25, 0.3) is 0 Å². The van der Waals surface area contributed by atoms with E-state index >= 15 is 0 Å². The first-order chi connectivity index (χ1) is 9.47. The zero-order valence-corrected chi connectivity index (χ0v) is 12.5. The van der Waals surface area contributed by atoms with Gasteiger partial charge in [0.25, 0.3) is 0 Å². The van der Waals surface area contributed by atoms with Crippen LogP contribution in [0.4, 0.5) is 5.69 Å². The van der Waals surface area contributed by atoms with Gasteiger partial charge in [-0.15, -0.1) is 0 Å². The number of hydrogen-bond acceptors (Lipinski definition) is 4. The Morgan fingerprint density at radius 1 is 1.35 bits per heavy atom. The molecule has 0 amide bonds. The maximum atomic E-state index is 11.8. The van der Waals surface area contributed by atoms with Crippen molar-refractivity contribution in [3.8, 4) is 0 Å². The van der Waals surface area contributed by atoms with Crippen molar-refractivity contribution in [1.82, 2.24) is 9.55 Å². The van der Waals surface area contributed by atoms with Gasteiger partial charge in [-0.1, -0.05) is 35.2 Å². The van der Waals surface area contributed by atoms with E-state index in [1.807, 2.05) is 4.98 Å². The number of aromatic nitrogens is 2. The molecule has 2 rings (SSSR count). The minimum Gasteiger partial charge on any atom is -0.293 e. The number of nitrogens with zero attached hydrogens (tertiary/aromatic N) is 2. The number of rotatable bonds is 4. The van der Waals surface area contributed by atoms with Gasteiger partial charge < -0.3 is 0 Å². The monoisotopic (exact) mass is 345 g/mol. The number of hydrogen-bond donors (Lipinski definition) is 1. The Morgan fingerprint density at radius 2 is 2.00 bits per heavy atom. The molecule has 7 nitrogen and oxygen atoms in total. The summed E-state index contributed by atoms with van der Waals surface area (Å²) in [6, 6.07) is 0. The van der Waals surface area contributed by atoms with E-state index in [1.165, 1.54) is 11.0 Å². The summed E-state index contributed by atoms with van der Waals surface area (Å²) in [6.45, 7) is 0.384. The number of aromatic amines is 1. The molecular weight excluding hydrogens is 330 g/mol. The van der Waals surface area contributed by atoms with Crippen LogP contribution in [0.3, 0.4) is 0 Å². The van der Waals surface area contributed by atoms with Crippen LogP contribution < -0.4 is 11.2 Å². The van der Waals surface area contributed by atoms with Crippen molar-refractivity contribution >= 4 is 21.6 Å². The highest BCUT2D eigenvalue weighted by molar-refractivity contribution is 9.09. The van der Waals surface area contributed by atoms with Gasteiger partial charge in [0.05, 0.1) is 11.1 Å². The lowest BCUT2D eigenvalue weighted by molar-refractivity contribution is -0.386. The Hall–Kier alpha value is -1.44. The Morgan fingerprint density at radius 3 is 2.55 bits per heavy atom. The van der Waals surface area contributed by atoms with Crippen LogP contribution in [0, 0.1) is 15.5 Å². The first-order valence-electron chi connectivity index (χ1n) is 6.52. The van der Waals surface area contributed by atoms with Crippen LogP contribution in [-0.4, -0.2) is 19.8 Å². The fourth-order valence-electron chi connectivity index (χ4n) is 2.74. The molecule has 0 unspecified atom stereocenters. The molecule has 110 valence electrons. The van der Waals surface area contributed by atoms with Crippen molar-refractivity contribution in [3.05, 3.63) is 37.1 Å². The average Bonchev–Trinajstić information content (AvgIpc) is 2.42. The SMILES string of the molecule is O=c1[nH]c(=O)n(CC2(CBr)CCCCC2)cc1[N+](=O)[O-]. The Labute approximate surface area is 123 Å². The van der Waals surface area contributed by atoms with Crippen molar-refractivity contribution < 1.29 is 4.92 Å². The largest absolute Gasteiger partial charge is 0.350 e. The van der Waals surface area contributed by atoms with Gasteiger partial charge in [-0.25, -0.2) is 4.79 Å². The summed E-state index contributed by atoms with van der Waals surface area (Å²) >= 11 is 3.49. The molecule has 8 heteroatoms. The van der Waals surface area contributed by atoms with Gasteiger partial charge in [0.15, 0.2) is 0 Å². The molecule has 1 N–H and O–H groups in total. The summed E-state index contributed by atoms with van der Waals surface area (Å²) in [7, 11) is 0. The predicted molar refractivity (Wildman–Crippen MR) is 77.3 cm³/mol. The topological polar surface area (TPSA) is 98.0 Å². The Bertz CT molecular complexity index is 616. The second-order valence-electron chi connectivity index (χ2n) is 5.35. The lowest BCUT2D eigenvalue weighted by Gasteiger charge is -2.35. The van der Waals surface area contributed by atoms with Crippen molar-refractivity contribution in [1.29, 1.82) is 0 Å². The highest BCUT2D eigenvalue weighted by Gasteiger charge is 2.32. The molecule has 20 heavy (non-hydrogen) atoms. The van der Waals surface area contributed by atoms with Crippen molar-refractivity contribution in [2.45, 2.75) is 38.6 Å². The van der Waals surface area contributed by atoms with E-state index in [2.05, 4.69) is 15.9 Å². The Kier molecular flexibility index (Phi) is 4.42. The van der Waals surface area contributed by atoms with Gasteiger partial charge in [0, 0.05) is 11.9 Å². The lowest BCUT2D eigenvalue weighted by Crippen LogP contribution is -2.38. The van der Waals surface area contributed by atoms with E-state index < -0.39 is 21.9 Å². The third-order valence-corrected chi connectivity index (χ3v) is 5.08. The van der Waals surface area contributed by atoms with Crippen molar-refractivity contribution in [3.63, 3.8) is 0 Å². The molecule has 0 aromatic carbocycles. The van der Waals surface area contributed by atoms with E-state index in [0.29, 0.717) is 6.54 Å². The normalized spacial score (nSPS) is 17.9. The smallest absolute Gasteiger partial charge is 0.293 e. The molecular formula is C12H16BrN3O4. The van der Waals surface area contributed by atoms with Crippen LogP contribution in [0.2, 0.25) is 0 Å². The minimum atomic E-state index is -0.951. The summed E-state index contributed by atoms with van der Waals surface area (Å²) in [5.74, 6) is 0. The van der Waals surface area contributed by atoms with Crippen LogP contribution in [-0.2, 0) is 6.54 Å². The quantitative estimate of drug-likeness (QED) is 0.510. The molecule has 1 aliphatic rings. The first-order valence-corrected chi connectivity index (χ1v) is 7.64. The maximum absolute atomic E-state index is 11.8. The molecule has 0 saturated heterocycles. The van der Waals surface area contributed by atoms with Gasteiger partial charge in [0.2, 0.25) is 0 Å². The second kappa shape index (κ2) is 5.90. The fraction of sp³-hybridized carbons (Fsp3) is 0.667. The van der Waals surface area contributed by atoms with Crippen LogP contribution in [0.5, 0.6) is 0 Å². The molecule has 0 radical (unpaired) electrons. The highest BCUT2D eigenvalue weighted by atomic mass is 79.9. The molecule has 0 atom stereocenters. The summed E-state index contributed by atoms with van der Waals surface area (Å²) in [4.78, 5) is 35.2. The second-order valence-corrected chi connectivity index (χ2v) is 5.91. The molecule has 1 fully saturated rings. The zero-order chi connectivity index (χ0) is 14.8. The van der Waals surface area contributed by atoms with Gasteiger partial charge in [0.1, 0.15) is 0 Å². The maximum Gasteiger partial charge on any atom is 0.350 e. The fourth-order valence-corrected chi connectivity index (χ4v) is 3.48. The number of halogens is 1. The number of nitro groups is 1. The molecule has 1 aliphatic carbocycles. The zero-order valence-electron chi connectivity index (χ0n) is 10.9. The highest BCUT2D eigenvalue weighted by Crippen LogP contribution is 2.39. The van der Waals surface area contributed by atoms with Crippen molar-refractivity contribution in [2.24, 2.45) is 5.41 Å². The summed E-state index contributed by atoms with van der Waals surface area (Å²) in [5, 5.41) is 11.5. The molecule has 1 aromatic heterocycles. The van der Waals surface area contributed by atoms with Gasteiger partial charge in [-0.05, 0) is 18.3 Å². The van der Waals surface area contributed by atoms with E-state index in [1.54, 1.807) is 0 Å². The first kappa shape index (κ1) is 15.0. The Balaban J connectivity index is 2.37. The van der Waals surface area contributed by atoms with E-state index in [0.717, 1.165) is 37.2 Å². The molecule has 0 spiro atoms. The molecule has 1 aromatic rings. The van der Waals surface area contributed by atoms with Crippen LogP contribution >= 0.6 is 15.9 Å². The van der Waals surface area contributed by atoms with Crippen LogP contribution in [0.15, 0.2) is 15.8 Å². The summed E-state index contributed by atoms with van der Waals surface area (Å²) in [6.07, 6.45) is 6.35. The number of alkyl halides is 1. The van der Waals surface area contributed by atoms with Crippen LogP contribution in [0.1, 0.15) is 32.1 Å². The van der Waals surface area contributed by atoms with E-state index in [-0.39, 0.29) is 5.41 Å². The minimum absolute atomic E-state index is 0.0752. The molecule has 1 saturated carbocycles. The third kappa shape index (κ3) is 3.00. The number of H-pyrrole nitrogens is 1. The number of nitrogens with one attached hydrogen (secondary N) is 1. The predicted octanol–water partition coefficient (Wildman–Crippen LogP) is 1.79.